The van der Waals surface area contributed by atoms with Gasteiger partial charge in [-0.15, -0.1) is 0 Å². The first-order valence-electron chi connectivity index (χ1n) is 4.62. The Morgan fingerprint density at radius 3 is 2.31 bits per heavy atom. The molecule has 74 valence electrons. The third-order valence-corrected chi connectivity index (χ3v) is 2.21. The molecule has 0 spiro atoms. The molecule has 13 heavy (non-hydrogen) atoms. The van der Waals surface area contributed by atoms with Gasteiger partial charge in [-0.1, -0.05) is 0 Å². The SMILES string of the molecule is CC(C)(C)OC(=O)[C@@H]1CC[C@@H]1C=O. The Hall–Kier alpha value is -0.860. The number of carbonyl (C=O) groups is 2. The van der Waals surface area contributed by atoms with Crippen LogP contribution in [-0.2, 0) is 14.3 Å². The third kappa shape index (κ3) is 2.54. The zero-order valence-corrected chi connectivity index (χ0v) is 8.37. The van der Waals surface area contributed by atoms with Crippen LogP contribution in [-0.4, -0.2) is 17.9 Å². The fraction of sp³-hybridized carbons (Fsp3) is 0.800. The fourth-order valence-corrected chi connectivity index (χ4v) is 1.36. The molecule has 0 heterocycles. The summed E-state index contributed by atoms with van der Waals surface area (Å²) in [5.41, 5.74) is -0.444. The Morgan fingerprint density at radius 2 is 2.00 bits per heavy atom. The molecule has 0 saturated heterocycles. The minimum Gasteiger partial charge on any atom is -0.460 e. The smallest absolute Gasteiger partial charge is 0.310 e. The minimum absolute atomic E-state index is 0.102. The molecule has 1 aliphatic carbocycles. The summed E-state index contributed by atoms with van der Waals surface area (Å²) in [6.07, 6.45) is 2.48. The van der Waals surface area contributed by atoms with Crippen LogP contribution in [0.3, 0.4) is 0 Å². The Labute approximate surface area is 78.5 Å². The number of ether oxygens (including phenoxy) is 1. The summed E-state index contributed by atoms with van der Waals surface area (Å²) in [7, 11) is 0. The molecule has 3 heteroatoms. The lowest BCUT2D eigenvalue weighted by atomic mass is 9.74. The molecule has 0 radical (unpaired) electrons. The molecule has 0 amide bonds. The van der Waals surface area contributed by atoms with E-state index < -0.39 is 5.60 Å². The average Bonchev–Trinajstić information content (AvgIpc) is 1.80. The average molecular weight is 184 g/mol. The second-order valence-corrected chi connectivity index (χ2v) is 4.52. The zero-order valence-electron chi connectivity index (χ0n) is 8.37. The maximum absolute atomic E-state index is 11.4. The highest BCUT2D eigenvalue weighted by molar-refractivity contribution is 5.78. The molecule has 0 aromatic rings. The van der Waals surface area contributed by atoms with Gasteiger partial charge in [-0.2, -0.15) is 0 Å². The largest absolute Gasteiger partial charge is 0.460 e. The molecule has 1 saturated carbocycles. The standard InChI is InChI=1S/C10H16O3/c1-10(2,3)13-9(12)8-5-4-7(8)6-11/h6-8H,4-5H2,1-3H3/t7-,8-/m1/s1. The summed E-state index contributed by atoms with van der Waals surface area (Å²) >= 11 is 0. The van der Waals surface area contributed by atoms with E-state index in [1.165, 1.54) is 0 Å². The molecular weight excluding hydrogens is 168 g/mol. The second-order valence-electron chi connectivity index (χ2n) is 4.52. The lowest BCUT2D eigenvalue weighted by molar-refractivity contribution is -0.167. The van der Waals surface area contributed by atoms with Crippen LogP contribution in [0.1, 0.15) is 33.6 Å². The van der Waals surface area contributed by atoms with E-state index in [1.807, 2.05) is 20.8 Å². The first-order chi connectivity index (χ1) is 5.94. The number of hydrogen-bond donors (Lipinski definition) is 0. The van der Waals surface area contributed by atoms with Crippen molar-refractivity contribution in [2.45, 2.75) is 39.2 Å². The topological polar surface area (TPSA) is 43.4 Å². The zero-order chi connectivity index (χ0) is 10.1. The van der Waals surface area contributed by atoms with E-state index in [0.717, 1.165) is 19.1 Å². The van der Waals surface area contributed by atoms with E-state index in [0.29, 0.717) is 0 Å². The van der Waals surface area contributed by atoms with Gasteiger partial charge in [0.2, 0.25) is 0 Å². The van der Waals surface area contributed by atoms with Gasteiger partial charge >= 0.3 is 5.97 Å². The summed E-state index contributed by atoms with van der Waals surface area (Å²) in [6, 6.07) is 0. The Kier molecular flexibility index (Phi) is 2.74. The molecule has 2 atom stereocenters. The van der Waals surface area contributed by atoms with Gasteiger partial charge in [-0.25, -0.2) is 0 Å². The van der Waals surface area contributed by atoms with E-state index in [-0.39, 0.29) is 17.8 Å². The Bertz CT molecular complexity index is 215. The van der Waals surface area contributed by atoms with E-state index in [4.69, 9.17) is 4.74 Å². The summed E-state index contributed by atoms with van der Waals surface area (Å²) in [6.45, 7) is 5.50. The second kappa shape index (κ2) is 3.48. The van der Waals surface area contributed by atoms with E-state index in [9.17, 15) is 9.59 Å². The lowest BCUT2D eigenvalue weighted by Crippen LogP contribution is -2.38. The van der Waals surface area contributed by atoms with Gasteiger partial charge in [0.25, 0.3) is 0 Å². The van der Waals surface area contributed by atoms with Gasteiger partial charge in [-0.3, -0.25) is 4.79 Å². The third-order valence-electron chi connectivity index (χ3n) is 2.21. The quantitative estimate of drug-likeness (QED) is 0.483. The number of rotatable bonds is 2. The minimum atomic E-state index is -0.444. The highest BCUT2D eigenvalue weighted by Gasteiger charge is 2.38. The van der Waals surface area contributed by atoms with Crippen molar-refractivity contribution in [3.8, 4) is 0 Å². The molecule has 1 aliphatic rings. The molecular formula is C10H16O3. The monoisotopic (exact) mass is 184 g/mol. The van der Waals surface area contributed by atoms with E-state index in [1.54, 1.807) is 0 Å². The number of carbonyl (C=O) groups excluding carboxylic acids is 2. The molecule has 0 N–H and O–H groups in total. The summed E-state index contributed by atoms with van der Waals surface area (Å²) in [5, 5.41) is 0. The van der Waals surface area contributed by atoms with Crippen LogP contribution in [0.25, 0.3) is 0 Å². The van der Waals surface area contributed by atoms with Gasteiger partial charge in [-0.05, 0) is 33.6 Å². The maximum atomic E-state index is 11.4. The van der Waals surface area contributed by atoms with Crippen molar-refractivity contribution in [2.75, 3.05) is 0 Å². The van der Waals surface area contributed by atoms with Crippen molar-refractivity contribution in [2.24, 2.45) is 11.8 Å². The van der Waals surface area contributed by atoms with Crippen LogP contribution < -0.4 is 0 Å². The van der Waals surface area contributed by atoms with Gasteiger partial charge in [0.05, 0.1) is 5.92 Å². The fourth-order valence-electron chi connectivity index (χ4n) is 1.36. The summed E-state index contributed by atoms with van der Waals surface area (Å²) in [5.74, 6) is -0.512. The molecule has 1 rings (SSSR count). The first kappa shape index (κ1) is 10.2. The lowest BCUT2D eigenvalue weighted by Gasteiger charge is -2.33. The molecule has 0 aromatic heterocycles. The van der Waals surface area contributed by atoms with Crippen LogP contribution in [0.15, 0.2) is 0 Å². The Morgan fingerprint density at radius 1 is 1.38 bits per heavy atom. The van der Waals surface area contributed by atoms with Crippen LogP contribution in [0.5, 0.6) is 0 Å². The molecule has 0 bridgehead atoms. The number of hydrogen-bond acceptors (Lipinski definition) is 3. The summed E-state index contributed by atoms with van der Waals surface area (Å²) in [4.78, 5) is 21.9. The van der Waals surface area contributed by atoms with Crippen molar-refractivity contribution >= 4 is 12.3 Å². The van der Waals surface area contributed by atoms with E-state index >= 15 is 0 Å². The Balaban J connectivity index is 2.45. The predicted octanol–water partition coefficient (Wildman–Crippen LogP) is 1.55. The van der Waals surface area contributed by atoms with Crippen molar-refractivity contribution in [3.63, 3.8) is 0 Å². The van der Waals surface area contributed by atoms with Crippen LogP contribution >= 0.6 is 0 Å². The highest BCUT2D eigenvalue weighted by Crippen LogP contribution is 2.34. The molecule has 1 fully saturated rings. The van der Waals surface area contributed by atoms with Crippen molar-refractivity contribution in [1.29, 1.82) is 0 Å². The van der Waals surface area contributed by atoms with Crippen molar-refractivity contribution in [3.05, 3.63) is 0 Å². The van der Waals surface area contributed by atoms with Gasteiger partial charge in [0.15, 0.2) is 0 Å². The normalized spacial score (nSPS) is 27.6. The number of aldehydes is 1. The van der Waals surface area contributed by atoms with Gasteiger partial charge in [0, 0.05) is 5.92 Å². The molecule has 0 aliphatic heterocycles. The predicted molar refractivity (Wildman–Crippen MR) is 48.1 cm³/mol. The van der Waals surface area contributed by atoms with Crippen molar-refractivity contribution < 1.29 is 14.3 Å². The molecule has 3 nitrogen and oxygen atoms in total. The van der Waals surface area contributed by atoms with Crippen LogP contribution in [0.2, 0.25) is 0 Å². The van der Waals surface area contributed by atoms with Crippen LogP contribution in [0.4, 0.5) is 0 Å². The van der Waals surface area contributed by atoms with Crippen LogP contribution in [0, 0.1) is 11.8 Å². The highest BCUT2D eigenvalue weighted by atomic mass is 16.6. The first-order valence-corrected chi connectivity index (χ1v) is 4.62. The van der Waals surface area contributed by atoms with E-state index in [2.05, 4.69) is 0 Å². The maximum Gasteiger partial charge on any atom is 0.310 e. The number of esters is 1. The van der Waals surface area contributed by atoms with Crippen molar-refractivity contribution in [1.82, 2.24) is 0 Å². The van der Waals surface area contributed by atoms with Gasteiger partial charge < -0.3 is 9.53 Å². The molecule has 0 aromatic carbocycles. The molecule has 0 unspecified atom stereocenters. The summed E-state index contributed by atoms with van der Waals surface area (Å²) < 4.78 is 5.18. The van der Waals surface area contributed by atoms with Gasteiger partial charge in [0.1, 0.15) is 11.9 Å².